The summed E-state index contributed by atoms with van der Waals surface area (Å²) in [5.74, 6) is 1.66. The Labute approximate surface area is 168 Å². The van der Waals surface area contributed by atoms with Gasteiger partial charge in [-0.3, -0.25) is 4.90 Å². The van der Waals surface area contributed by atoms with Crippen LogP contribution < -0.4 is 4.72 Å². The Morgan fingerprint density at radius 1 is 1.25 bits per heavy atom. The molecule has 1 saturated heterocycles. The molecular formula is C22H32N2O3S. The average Bonchev–Trinajstić information content (AvgIpc) is 3.53. The maximum atomic E-state index is 12.3. The molecule has 2 N–H and O–H groups in total. The van der Waals surface area contributed by atoms with Crippen LogP contribution >= 0.6 is 0 Å². The van der Waals surface area contributed by atoms with E-state index in [9.17, 15) is 13.5 Å². The molecule has 2 saturated carbocycles. The number of hydrogen-bond donors (Lipinski definition) is 2. The summed E-state index contributed by atoms with van der Waals surface area (Å²) in [6.45, 7) is 5.14. The first-order valence-corrected chi connectivity index (χ1v) is 12.5. The Bertz CT molecular complexity index is 863. The van der Waals surface area contributed by atoms with Crippen LogP contribution in [0, 0.1) is 11.8 Å². The van der Waals surface area contributed by atoms with Gasteiger partial charge in [0.15, 0.2) is 0 Å². The number of likely N-dealkylation sites (tertiary alicyclic amines) is 1. The molecule has 0 spiro atoms. The fourth-order valence-corrected chi connectivity index (χ4v) is 7.18. The number of rotatable bonds is 7. The van der Waals surface area contributed by atoms with Gasteiger partial charge in [0, 0.05) is 24.5 Å². The molecule has 1 aromatic rings. The summed E-state index contributed by atoms with van der Waals surface area (Å²) in [6.07, 6.45) is 7.23. The quantitative estimate of drug-likeness (QED) is 0.733. The first-order valence-electron chi connectivity index (χ1n) is 10.9. The summed E-state index contributed by atoms with van der Waals surface area (Å²) < 4.78 is 27.5. The van der Waals surface area contributed by atoms with Crippen LogP contribution in [0.4, 0.5) is 0 Å². The summed E-state index contributed by atoms with van der Waals surface area (Å²) in [7, 11) is -3.15. The number of aromatic hydroxyl groups is 1. The molecule has 0 aromatic heterocycles. The van der Waals surface area contributed by atoms with Crippen molar-refractivity contribution in [2.75, 3.05) is 19.6 Å². The van der Waals surface area contributed by atoms with Gasteiger partial charge in [0.05, 0.1) is 5.25 Å². The van der Waals surface area contributed by atoms with Gasteiger partial charge in [-0.2, -0.15) is 0 Å². The van der Waals surface area contributed by atoms with E-state index in [4.69, 9.17) is 0 Å². The predicted molar refractivity (Wildman–Crippen MR) is 110 cm³/mol. The Morgan fingerprint density at radius 3 is 2.75 bits per heavy atom. The first kappa shape index (κ1) is 18.9. The largest absolute Gasteiger partial charge is 0.508 e. The molecular weight excluding hydrogens is 372 g/mol. The van der Waals surface area contributed by atoms with Crippen molar-refractivity contribution in [1.29, 1.82) is 0 Å². The molecule has 6 heteroatoms. The lowest BCUT2D eigenvalue weighted by atomic mass is 9.56. The van der Waals surface area contributed by atoms with E-state index < -0.39 is 10.0 Å². The Morgan fingerprint density at radius 2 is 2.04 bits per heavy atom. The molecule has 0 radical (unpaired) electrons. The number of phenols is 1. The van der Waals surface area contributed by atoms with Crippen molar-refractivity contribution in [3.05, 3.63) is 29.3 Å². The zero-order valence-electron chi connectivity index (χ0n) is 16.7. The van der Waals surface area contributed by atoms with Gasteiger partial charge in [0.1, 0.15) is 5.75 Å². The summed E-state index contributed by atoms with van der Waals surface area (Å²) in [6, 6.07) is 6.37. The number of hydrogen-bond acceptors (Lipinski definition) is 4. The molecule has 4 aliphatic rings. The second kappa shape index (κ2) is 6.71. The van der Waals surface area contributed by atoms with Crippen LogP contribution in [-0.4, -0.2) is 49.4 Å². The molecule has 3 atom stereocenters. The van der Waals surface area contributed by atoms with Crippen LogP contribution in [0.2, 0.25) is 0 Å². The minimum atomic E-state index is -3.15. The van der Waals surface area contributed by atoms with Gasteiger partial charge < -0.3 is 5.11 Å². The predicted octanol–water partition coefficient (Wildman–Crippen LogP) is 2.78. The Kier molecular flexibility index (Phi) is 4.53. The number of nitrogens with one attached hydrogen (secondary N) is 1. The number of sulfonamides is 1. The maximum Gasteiger partial charge on any atom is 0.214 e. The Balaban J connectivity index is 1.42. The normalized spacial score (nSPS) is 32.9. The summed E-state index contributed by atoms with van der Waals surface area (Å²) in [5.41, 5.74) is 2.54. The van der Waals surface area contributed by atoms with E-state index in [1.807, 2.05) is 6.07 Å². The third-order valence-corrected chi connectivity index (χ3v) is 9.80. The monoisotopic (exact) mass is 404 g/mol. The fraction of sp³-hybridized carbons (Fsp3) is 0.727. The van der Waals surface area contributed by atoms with Gasteiger partial charge >= 0.3 is 0 Å². The number of phenolic OH excluding ortho intramolecular Hbond substituents is 1. The Hall–Kier alpha value is -1.11. The van der Waals surface area contributed by atoms with Crippen LogP contribution in [0.1, 0.15) is 56.6 Å². The molecule has 3 fully saturated rings. The minimum Gasteiger partial charge on any atom is -0.508 e. The number of fused-ring (bicyclic) bond motifs is 4. The SMILES string of the molecule is C[C@H]1[C@H]2Cc3ccc(O)cc3[C@]1(CCNS(=O)(=O)C1CC1)CCN2CC1CC1. The van der Waals surface area contributed by atoms with Crippen LogP contribution in [-0.2, 0) is 21.9 Å². The van der Waals surface area contributed by atoms with E-state index in [-0.39, 0.29) is 10.7 Å². The van der Waals surface area contributed by atoms with E-state index in [1.54, 1.807) is 6.07 Å². The lowest BCUT2D eigenvalue weighted by Gasteiger charge is -2.56. The molecule has 5 nitrogen and oxygen atoms in total. The fourth-order valence-electron chi connectivity index (χ4n) is 5.80. The van der Waals surface area contributed by atoms with Crippen LogP contribution in [0.3, 0.4) is 0 Å². The smallest absolute Gasteiger partial charge is 0.214 e. The van der Waals surface area contributed by atoms with Gasteiger partial charge in [-0.25, -0.2) is 13.1 Å². The summed E-state index contributed by atoms with van der Waals surface area (Å²) in [5, 5.41) is 10.0. The molecule has 1 heterocycles. The zero-order chi connectivity index (χ0) is 19.5. The summed E-state index contributed by atoms with van der Waals surface area (Å²) >= 11 is 0. The minimum absolute atomic E-state index is 0.0525. The maximum absolute atomic E-state index is 12.3. The highest BCUT2D eigenvalue weighted by molar-refractivity contribution is 7.90. The summed E-state index contributed by atoms with van der Waals surface area (Å²) in [4.78, 5) is 2.70. The van der Waals surface area contributed by atoms with Gasteiger partial charge in [-0.05, 0) is 86.6 Å². The van der Waals surface area contributed by atoms with Gasteiger partial charge in [-0.1, -0.05) is 13.0 Å². The lowest BCUT2D eigenvalue weighted by Crippen LogP contribution is -2.60. The second-order valence-electron chi connectivity index (χ2n) is 9.63. The standard InChI is InChI=1S/C22H32N2O3S/c1-15-21-12-17-4-5-18(25)13-20(17)22(15,9-11-24(21)14-16-2-3-16)8-10-23-28(26,27)19-6-7-19/h4-5,13,15-16,19,21,23,25H,2-3,6-12,14H2,1H3/t15-,21+,22+/m0/s1. The van der Waals surface area contributed by atoms with Crippen molar-refractivity contribution >= 4 is 10.0 Å². The van der Waals surface area contributed by atoms with Crippen molar-refractivity contribution in [1.82, 2.24) is 9.62 Å². The van der Waals surface area contributed by atoms with E-state index >= 15 is 0 Å². The van der Waals surface area contributed by atoms with Gasteiger partial charge in [0.25, 0.3) is 0 Å². The molecule has 2 bridgehead atoms. The highest BCUT2D eigenvalue weighted by Gasteiger charge is 2.51. The first-order chi connectivity index (χ1) is 13.4. The highest BCUT2D eigenvalue weighted by atomic mass is 32.2. The number of benzene rings is 1. The number of piperidine rings is 1. The number of nitrogens with zero attached hydrogens (tertiary/aromatic N) is 1. The van der Waals surface area contributed by atoms with Crippen molar-refractivity contribution in [3.8, 4) is 5.75 Å². The van der Waals surface area contributed by atoms with E-state index in [0.29, 0.717) is 24.3 Å². The molecule has 154 valence electrons. The lowest BCUT2D eigenvalue weighted by molar-refractivity contribution is 0.0164. The molecule has 28 heavy (non-hydrogen) atoms. The van der Waals surface area contributed by atoms with Crippen LogP contribution in [0.5, 0.6) is 5.75 Å². The molecule has 3 aliphatic carbocycles. The average molecular weight is 405 g/mol. The molecule has 0 unspecified atom stereocenters. The van der Waals surface area contributed by atoms with E-state index in [0.717, 1.165) is 44.6 Å². The van der Waals surface area contributed by atoms with E-state index in [1.165, 1.54) is 30.5 Å². The molecule has 0 amide bonds. The van der Waals surface area contributed by atoms with Crippen molar-refractivity contribution < 1.29 is 13.5 Å². The van der Waals surface area contributed by atoms with Gasteiger partial charge in [-0.15, -0.1) is 0 Å². The molecule has 1 aliphatic heterocycles. The topological polar surface area (TPSA) is 69.6 Å². The van der Waals surface area contributed by atoms with Gasteiger partial charge in [0.2, 0.25) is 10.0 Å². The van der Waals surface area contributed by atoms with Crippen molar-refractivity contribution in [2.45, 2.75) is 68.6 Å². The third kappa shape index (κ3) is 3.27. The highest BCUT2D eigenvalue weighted by Crippen LogP contribution is 2.52. The third-order valence-electron chi connectivity index (χ3n) is 7.85. The molecule has 1 aromatic carbocycles. The van der Waals surface area contributed by atoms with E-state index in [2.05, 4.69) is 22.6 Å². The van der Waals surface area contributed by atoms with Crippen LogP contribution in [0.25, 0.3) is 0 Å². The second-order valence-corrected chi connectivity index (χ2v) is 11.7. The van der Waals surface area contributed by atoms with Crippen molar-refractivity contribution in [2.24, 2.45) is 11.8 Å². The van der Waals surface area contributed by atoms with Crippen LogP contribution in [0.15, 0.2) is 18.2 Å². The zero-order valence-corrected chi connectivity index (χ0v) is 17.5. The van der Waals surface area contributed by atoms with Crippen molar-refractivity contribution in [3.63, 3.8) is 0 Å². The molecule has 5 rings (SSSR count).